The third-order valence-corrected chi connectivity index (χ3v) is 4.66. The molecule has 2 aromatic rings. The van der Waals surface area contributed by atoms with Gasteiger partial charge in [0.1, 0.15) is 5.82 Å². The Balaban J connectivity index is 1.59. The number of hydrogen-bond acceptors (Lipinski definition) is 3. The minimum Gasteiger partial charge on any atom is -0.353 e. The first kappa shape index (κ1) is 17.5. The molecule has 0 radical (unpaired) electrons. The van der Waals surface area contributed by atoms with Crippen molar-refractivity contribution in [2.75, 3.05) is 0 Å². The van der Waals surface area contributed by atoms with Crippen molar-refractivity contribution in [3.05, 3.63) is 51.7 Å². The molecule has 0 spiro atoms. The third-order valence-electron chi connectivity index (χ3n) is 4.66. The first-order valence-electron chi connectivity index (χ1n) is 9.08. The number of rotatable bonds is 5. The Morgan fingerprint density at radius 2 is 2.20 bits per heavy atom. The van der Waals surface area contributed by atoms with E-state index in [4.69, 9.17) is 0 Å². The summed E-state index contributed by atoms with van der Waals surface area (Å²) in [6, 6.07) is 8.12. The second-order valence-corrected chi connectivity index (χ2v) is 6.83. The van der Waals surface area contributed by atoms with Gasteiger partial charge in [0.25, 0.3) is 0 Å². The van der Waals surface area contributed by atoms with Gasteiger partial charge in [-0.15, -0.1) is 0 Å². The fourth-order valence-electron chi connectivity index (χ4n) is 3.42. The molecule has 0 saturated heterocycles. The monoisotopic (exact) mass is 342 g/mol. The van der Waals surface area contributed by atoms with Crippen LogP contribution in [0.4, 0.5) is 0 Å². The molecule has 6 nitrogen and oxygen atoms in total. The zero-order valence-corrected chi connectivity index (χ0v) is 15.0. The van der Waals surface area contributed by atoms with Crippen LogP contribution in [0.25, 0.3) is 0 Å². The lowest BCUT2D eigenvalue weighted by molar-refractivity contribution is -0.121. The van der Waals surface area contributed by atoms with Gasteiger partial charge in [-0.1, -0.05) is 36.8 Å². The fourth-order valence-corrected chi connectivity index (χ4v) is 3.42. The predicted octanol–water partition coefficient (Wildman–Crippen LogP) is 1.83. The summed E-state index contributed by atoms with van der Waals surface area (Å²) in [4.78, 5) is 24.7. The average molecular weight is 342 g/mol. The summed E-state index contributed by atoms with van der Waals surface area (Å²) < 4.78 is 3.33. The molecule has 1 aliphatic heterocycles. The fraction of sp³-hybridized carbons (Fsp3) is 0.526. The number of aryl methyl sites for hydroxylation is 3. The van der Waals surface area contributed by atoms with Gasteiger partial charge in [-0.2, -0.15) is 5.10 Å². The van der Waals surface area contributed by atoms with Crippen LogP contribution in [0, 0.1) is 6.92 Å². The van der Waals surface area contributed by atoms with Crippen LogP contribution in [-0.4, -0.2) is 26.3 Å². The van der Waals surface area contributed by atoms with Crippen LogP contribution in [0.15, 0.2) is 29.1 Å². The SMILES string of the molecule is CCCn1nc2n(c1=O)CCC(NC(=O)Cc1cccc(C)c1)CC2. The Morgan fingerprint density at radius 3 is 2.96 bits per heavy atom. The third kappa shape index (κ3) is 4.18. The molecule has 25 heavy (non-hydrogen) atoms. The van der Waals surface area contributed by atoms with Gasteiger partial charge < -0.3 is 5.32 Å². The highest BCUT2D eigenvalue weighted by Gasteiger charge is 2.21. The maximum atomic E-state index is 12.3. The van der Waals surface area contributed by atoms with Gasteiger partial charge in [-0.25, -0.2) is 9.48 Å². The second-order valence-electron chi connectivity index (χ2n) is 6.83. The van der Waals surface area contributed by atoms with Crippen molar-refractivity contribution < 1.29 is 4.79 Å². The molecule has 0 bridgehead atoms. The van der Waals surface area contributed by atoms with Crippen LogP contribution in [0.2, 0.25) is 0 Å². The number of hydrogen-bond donors (Lipinski definition) is 1. The summed E-state index contributed by atoms with van der Waals surface area (Å²) in [5.74, 6) is 0.882. The number of nitrogens with zero attached hydrogens (tertiary/aromatic N) is 3. The molecule has 6 heteroatoms. The number of amides is 1. The molecule has 3 rings (SSSR count). The van der Waals surface area contributed by atoms with Crippen LogP contribution in [0.3, 0.4) is 0 Å². The van der Waals surface area contributed by atoms with E-state index in [1.54, 1.807) is 9.25 Å². The minimum atomic E-state index is -0.0245. The first-order valence-corrected chi connectivity index (χ1v) is 9.08. The van der Waals surface area contributed by atoms with Crippen molar-refractivity contribution >= 4 is 5.91 Å². The summed E-state index contributed by atoms with van der Waals surface area (Å²) >= 11 is 0. The van der Waals surface area contributed by atoms with Gasteiger partial charge in [-0.05, 0) is 31.7 Å². The highest BCUT2D eigenvalue weighted by molar-refractivity contribution is 5.78. The molecular formula is C19H26N4O2. The molecule has 1 unspecified atom stereocenters. The molecule has 0 saturated carbocycles. The maximum Gasteiger partial charge on any atom is 0.345 e. The number of carbonyl (C=O) groups excluding carboxylic acids is 1. The first-order chi connectivity index (χ1) is 12.1. The molecule has 1 aromatic heterocycles. The van der Waals surface area contributed by atoms with E-state index in [2.05, 4.69) is 10.4 Å². The molecule has 1 atom stereocenters. The van der Waals surface area contributed by atoms with Crippen LogP contribution in [0.1, 0.15) is 43.1 Å². The number of carbonyl (C=O) groups is 1. The summed E-state index contributed by atoms with van der Waals surface area (Å²) in [5.41, 5.74) is 2.17. The lowest BCUT2D eigenvalue weighted by Gasteiger charge is -2.16. The van der Waals surface area contributed by atoms with Crippen LogP contribution >= 0.6 is 0 Å². The topological polar surface area (TPSA) is 68.9 Å². The summed E-state index contributed by atoms with van der Waals surface area (Å²) in [5, 5.41) is 7.57. The zero-order chi connectivity index (χ0) is 17.8. The molecule has 1 N–H and O–H groups in total. The van der Waals surface area contributed by atoms with Crippen LogP contribution in [-0.2, 0) is 30.7 Å². The summed E-state index contributed by atoms with van der Waals surface area (Å²) in [6.07, 6.45) is 3.60. The molecule has 1 amide bonds. The quantitative estimate of drug-likeness (QED) is 0.901. The Hall–Kier alpha value is -2.37. The smallest absolute Gasteiger partial charge is 0.345 e. The van der Waals surface area contributed by atoms with E-state index < -0.39 is 0 Å². The van der Waals surface area contributed by atoms with Crippen molar-refractivity contribution in [2.24, 2.45) is 0 Å². The van der Waals surface area contributed by atoms with Gasteiger partial charge >= 0.3 is 5.69 Å². The van der Waals surface area contributed by atoms with E-state index in [0.29, 0.717) is 19.5 Å². The Labute approximate surface area is 147 Å². The Kier molecular flexibility index (Phi) is 5.36. The van der Waals surface area contributed by atoms with Gasteiger partial charge in [0.05, 0.1) is 6.42 Å². The molecule has 1 aliphatic rings. The maximum absolute atomic E-state index is 12.3. The van der Waals surface area contributed by atoms with Gasteiger partial charge in [0.2, 0.25) is 5.91 Å². The minimum absolute atomic E-state index is 0.0245. The van der Waals surface area contributed by atoms with E-state index in [0.717, 1.165) is 42.6 Å². The van der Waals surface area contributed by atoms with Crippen molar-refractivity contribution in [3.8, 4) is 0 Å². The standard InChI is InChI=1S/C19H26N4O2/c1-3-10-23-19(25)22-11-9-16(7-8-17(22)21-23)20-18(24)13-15-6-4-5-14(2)12-15/h4-6,12,16H,3,7-11,13H2,1-2H3,(H,20,24). The Morgan fingerprint density at radius 1 is 1.36 bits per heavy atom. The number of fused-ring (bicyclic) bond motifs is 1. The number of benzene rings is 1. The van der Waals surface area contributed by atoms with Crippen molar-refractivity contribution in [3.63, 3.8) is 0 Å². The highest BCUT2D eigenvalue weighted by atomic mass is 16.2. The summed E-state index contributed by atoms with van der Waals surface area (Å²) in [7, 11) is 0. The predicted molar refractivity (Wildman–Crippen MR) is 96.5 cm³/mol. The van der Waals surface area contributed by atoms with Gasteiger partial charge in [0.15, 0.2) is 0 Å². The second kappa shape index (κ2) is 7.68. The Bertz CT molecular complexity index is 806. The van der Waals surface area contributed by atoms with E-state index in [9.17, 15) is 9.59 Å². The van der Waals surface area contributed by atoms with E-state index in [-0.39, 0.29) is 17.6 Å². The lowest BCUT2D eigenvalue weighted by atomic mass is 10.1. The molecular weight excluding hydrogens is 316 g/mol. The summed E-state index contributed by atoms with van der Waals surface area (Å²) in [6.45, 7) is 5.35. The normalized spacial score (nSPS) is 17.0. The lowest BCUT2D eigenvalue weighted by Crippen LogP contribution is -2.36. The largest absolute Gasteiger partial charge is 0.353 e. The number of nitrogens with one attached hydrogen (secondary N) is 1. The molecule has 1 aromatic carbocycles. The average Bonchev–Trinajstić information content (AvgIpc) is 2.74. The molecule has 134 valence electrons. The van der Waals surface area contributed by atoms with E-state index in [1.807, 2.05) is 38.1 Å². The van der Waals surface area contributed by atoms with Crippen LogP contribution in [0.5, 0.6) is 0 Å². The van der Waals surface area contributed by atoms with E-state index >= 15 is 0 Å². The van der Waals surface area contributed by atoms with Crippen molar-refractivity contribution in [1.82, 2.24) is 19.7 Å². The van der Waals surface area contributed by atoms with E-state index in [1.165, 1.54) is 0 Å². The molecule has 0 fully saturated rings. The van der Waals surface area contributed by atoms with Crippen molar-refractivity contribution in [2.45, 2.75) is 65.1 Å². The van der Waals surface area contributed by atoms with Gasteiger partial charge in [0, 0.05) is 25.6 Å². The number of aromatic nitrogens is 3. The van der Waals surface area contributed by atoms with Crippen LogP contribution < -0.4 is 11.0 Å². The highest BCUT2D eigenvalue weighted by Crippen LogP contribution is 2.13. The zero-order valence-electron chi connectivity index (χ0n) is 15.0. The van der Waals surface area contributed by atoms with Crippen molar-refractivity contribution in [1.29, 1.82) is 0 Å². The molecule has 2 heterocycles. The van der Waals surface area contributed by atoms with Gasteiger partial charge in [-0.3, -0.25) is 9.36 Å². The molecule has 0 aliphatic carbocycles.